The van der Waals surface area contributed by atoms with E-state index in [0.29, 0.717) is 11.7 Å². The molecule has 6 aliphatic rings. The number of ether oxygens (including phenoxy) is 1. The number of hydrogen-bond donors (Lipinski definition) is 1. The molecule has 0 radical (unpaired) electrons. The number of carbonyl (C=O) groups is 1. The lowest BCUT2D eigenvalue weighted by Gasteiger charge is -2.62. The van der Waals surface area contributed by atoms with E-state index in [1.807, 2.05) is 12.1 Å². The number of aliphatic hydroxyl groups excluding tert-OH is 1. The van der Waals surface area contributed by atoms with Crippen LogP contribution in [-0.4, -0.2) is 54.3 Å². The van der Waals surface area contributed by atoms with Gasteiger partial charge in [-0.3, -0.25) is 9.69 Å². The minimum absolute atomic E-state index is 0.0927. The van der Waals surface area contributed by atoms with Crippen molar-refractivity contribution >= 4 is 11.5 Å². The molecule has 4 saturated heterocycles. The molecule has 0 aromatic heterocycles. The highest BCUT2D eigenvalue weighted by atomic mass is 16.5. The van der Waals surface area contributed by atoms with Gasteiger partial charge in [-0.1, -0.05) is 19.1 Å². The molecule has 1 aromatic carbocycles. The second-order valence-electron chi connectivity index (χ2n) is 8.94. The molecule has 5 heteroatoms. The van der Waals surface area contributed by atoms with Crippen LogP contribution in [0.25, 0.3) is 0 Å². The van der Waals surface area contributed by atoms with Crippen LogP contribution in [-0.2, 0) is 10.2 Å². The van der Waals surface area contributed by atoms with Crippen molar-refractivity contribution < 1.29 is 14.6 Å². The van der Waals surface area contributed by atoms with Crippen molar-refractivity contribution in [3.05, 3.63) is 23.8 Å². The summed E-state index contributed by atoms with van der Waals surface area (Å²) in [5.74, 6) is 1.96. The van der Waals surface area contributed by atoms with Crippen LogP contribution in [0.15, 0.2) is 18.2 Å². The molecule has 9 atom stereocenters. The molecule has 26 heavy (non-hydrogen) atoms. The Morgan fingerprint density at radius 3 is 2.88 bits per heavy atom. The van der Waals surface area contributed by atoms with Gasteiger partial charge in [0.05, 0.1) is 24.3 Å². The van der Waals surface area contributed by atoms with Crippen LogP contribution in [0.1, 0.15) is 31.7 Å². The Bertz CT molecular complexity index is 825. The molecule has 5 heterocycles. The summed E-state index contributed by atoms with van der Waals surface area (Å²) >= 11 is 0. The smallest absolute Gasteiger partial charge is 0.150 e. The summed E-state index contributed by atoms with van der Waals surface area (Å²) in [7, 11) is 3.81. The maximum atomic E-state index is 13.9. The molecule has 0 amide bonds. The van der Waals surface area contributed by atoms with Gasteiger partial charge < -0.3 is 14.7 Å². The van der Waals surface area contributed by atoms with Crippen molar-refractivity contribution in [2.24, 2.45) is 17.8 Å². The zero-order valence-electron chi connectivity index (χ0n) is 15.6. The molecule has 7 rings (SSSR count). The number of rotatable bonds is 2. The largest absolute Gasteiger partial charge is 0.495 e. The molecule has 5 nitrogen and oxygen atoms in total. The van der Waals surface area contributed by atoms with Gasteiger partial charge in [-0.2, -0.15) is 0 Å². The number of methoxy groups -OCH3 is 1. The number of para-hydroxylation sites is 1. The first-order valence-electron chi connectivity index (χ1n) is 9.96. The average Bonchev–Trinajstić information content (AvgIpc) is 3.03. The van der Waals surface area contributed by atoms with Crippen LogP contribution in [0.4, 0.5) is 5.69 Å². The first-order valence-corrected chi connectivity index (χ1v) is 9.96. The molecule has 1 saturated carbocycles. The van der Waals surface area contributed by atoms with E-state index in [4.69, 9.17) is 4.74 Å². The highest BCUT2D eigenvalue weighted by Crippen LogP contribution is 2.68. The Kier molecular flexibility index (Phi) is 2.75. The minimum Gasteiger partial charge on any atom is -0.495 e. The van der Waals surface area contributed by atoms with E-state index in [0.717, 1.165) is 36.3 Å². The molecule has 5 aliphatic heterocycles. The summed E-state index contributed by atoms with van der Waals surface area (Å²) in [4.78, 5) is 18.6. The predicted octanol–water partition coefficient (Wildman–Crippen LogP) is 1.77. The molecule has 5 bridgehead atoms. The third-order valence-corrected chi connectivity index (χ3v) is 8.48. The lowest BCUT2D eigenvalue weighted by atomic mass is 9.62. The number of fused-ring (bicyclic) bond motifs is 2. The normalized spacial score (nSPS) is 49.5. The molecule has 5 fully saturated rings. The van der Waals surface area contributed by atoms with Crippen molar-refractivity contribution in [1.82, 2.24) is 4.90 Å². The zero-order valence-corrected chi connectivity index (χ0v) is 15.6. The summed E-state index contributed by atoms with van der Waals surface area (Å²) in [6.45, 7) is 2.15. The molecule has 138 valence electrons. The Balaban J connectivity index is 1.60. The lowest BCUT2D eigenvalue weighted by molar-refractivity contribution is -0.207. The number of anilines is 1. The van der Waals surface area contributed by atoms with E-state index in [-0.39, 0.29) is 30.0 Å². The third kappa shape index (κ3) is 1.34. The molecule has 1 aliphatic carbocycles. The summed E-state index contributed by atoms with van der Waals surface area (Å²) in [5.41, 5.74) is 1.84. The second-order valence-corrected chi connectivity index (χ2v) is 8.94. The van der Waals surface area contributed by atoms with E-state index < -0.39 is 11.6 Å². The van der Waals surface area contributed by atoms with Gasteiger partial charge in [-0.25, -0.2) is 0 Å². The summed E-state index contributed by atoms with van der Waals surface area (Å²) in [5, 5.41) is 11.1. The van der Waals surface area contributed by atoms with E-state index in [1.165, 1.54) is 0 Å². The van der Waals surface area contributed by atoms with Crippen molar-refractivity contribution in [3.8, 4) is 5.75 Å². The SMILES string of the molecule is CC[C@H]1[C@@H]2CC3[C@@H]4N(C)c5c(OC)cccc5C45C[C@@H]([C@H]2C5=O)N3[C@@H]1O. The Morgan fingerprint density at radius 1 is 1.35 bits per heavy atom. The van der Waals surface area contributed by atoms with Crippen molar-refractivity contribution in [2.45, 2.75) is 56.0 Å². The number of Topliss-reactive ketones (excluding diaryl/α,β-unsaturated/α-hetero) is 1. The molecule has 1 aromatic rings. The Hall–Kier alpha value is -1.59. The topological polar surface area (TPSA) is 53.0 Å². The number of piperidine rings is 4. The number of nitrogens with zero attached hydrogens (tertiary/aromatic N) is 2. The van der Waals surface area contributed by atoms with Gasteiger partial charge in [-0.15, -0.1) is 0 Å². The van der Waals surface area contributed by atoms with E-state index >= 15 is 0 Å². The van der Waals surface area contributed by atoms with E-state index in [9.17, 15) is 9.90 Å². The number of ketones is 1. The highest BCUT2D eigenvalue weighted by Gasteiger charge is 2.76. The van der Waals surface area contributed by atoms with Crippen molar-refractivity contribution in [1.29, 1.82) is 0 Å². The van der Waals surface area contributed by atoms with Crippen molar-refractivity contribution in [3.63, 3.8) is 0 Å². The first kappa shape index (κ1) is 15.5. The van der Waals surface area contributed by atoms with Gasteiger partial charge in [-0.05, 0) is 36.8 Å². The van der Waals surface area contributed by atoms with Crippen LogP contribution in [0.5, 0.6) is 5.75 Å². The second kappa shape index (κ2) is 4.63. The maximum Gasteiger partial charge on any atom is 0.150 e. The van der Waals surface area contributed by atoms with Crippen LogP contribution < -0.4 is 9.64 Å². The fraction of sp³-hybridized carbons (Fsp3) is 0.667. The Morgan fingerprint density at radius 2 is 2.15 bits per heavy atom. The van der Waals surface area contributed by atoms with Gasteiger partial charge in [0.25, 0.3) is 0 Å². The molecule has 1 N–H and O–H groups in total. The number of benzene rings is 1. The first-order chi connectivity index (χ1) is 12.6. The standard InChI is InChI=1S/C21H26N2O3/c1-4-10-11-8-13-18-21(9-14(16(11)19(21)24)23(13)20(10)25)12-6-5-7-15(26-3)17(12)22(18)2/h5-7,10-11,13-14,16,18,20,25H,4,8-9H2,1-3H3/t10-,11-,13?,14-,16-,18-,20+,21?/m0/s1. The van der Waals surface area contributed by atoms with Crippen LogP contribution in [0.2, 0.25) is 0 Å². The molecule has 1 spiro atoms. The van der Waals surface area contributed by atoms with Gasteiger partial charge in [0, 0.05) is 31.0 Å². The van der Waals surface area contributed by atoms with Crippen LogP contribution >= 0.6 is 0 Å². The fourth-order valence-electron chi connectivity index (χ4n) is 7.81. The minimum atomic E-state index is -0.410. The zero-order chi connectivity index (χ0) is 18.0. The monoisotopic (exact) mass is 354 g/mol. The summed E-state index contributed by atoms with van der Waals surface area (Å²) < 4.78 is 5.65. The quantitative estimate of drug-likeness (QED) is 0.877. The van der Waals surface area contributed by atoms with Crippen molar-refractivity contribution in [2.75, 3.05) is 19.1 Å². The van der Waals surface area contributed by atoms with Gasteiger partial charge in [0.2, 0.25) is 0 Å². The van der Waals surface area contributed by atoms with Gasteiger partial charge in [0.1, 0.15) is 12.0 Å². The van der Waals surface area contributed by atoms with Crippen LogP contribution in [0, 0.1) is 17.8 Å². The van der Waals surface area contributed by atoms with Gasteiger partial charge >= 0.3 is 0 Å². The maximum absolute atomic E-state index is 13.9. The highest BCUT2D eigenvalue weighted by molar-refractivity contribution is 6.02. The predicted molar refractivity (Wildman–Crippen MR) is 97.3 cm³/mol. The number of carbonyl (C=O) groups excluding carboxylic acids is 1. The average molecular weight is 354 g/mol. The number of likely N-dealkylation sites (N-methyl/N-ethyl adjacent to an activating group) is 1. The van der Waals surface area contributed by atoms with E-state index in [1.54, 1.807) is 7.11 Å². The summed E-state index contributed by atoms with van der Waals surface area (Å²) in [6, 6.07) is 6.74. The Labute approximate surface area is 153 Å². The number of hydrogen-bond acceptors (Lipinski definition) is 5. The molecule has 3 unspecified atom stereocenters. The van der Waals surface area contributed by atoms with E-state index in [2.05, 4.69) is 29.8 Å². The molecular weight excluding hydrogens is 328 g/mol. The van der Waals surface area contributed by atoms with Crippen LogP contribution in [0.3, 0.4) is 0 Å². The number of aliphatic hydroxyl groups is 1. The molecular formula is C21H26N2O3. The summed E-state index contributed by atoms with van der Waals surface area (Å²) in [6.07, 6.45) is 2.44. The lowest BCUT2D eigenvalue weighted by Crippen LogP contribution is -2.72. The third-order valence-electron chi connectivity index (χ3n) is 8.48. The van der Waals surface area contributed by atoms with Gasteiger partial charge in [0.15, 0.2) is 5.78 Å². The fourth-order valence-corrected chi connectivity index (χ4v) is 7.81.